The van der Waals surface area contributed by atoms with E-state index in [1.807, 2.05) is 50.2 Å². The molecule has 21 heteroatoms. The second kappa shape index (κ2) is 19.5. The van der Waals surface area contributed by atoms with E-state index < -0.39 is 66.3 Å². The fourth-order valence-corrected chi connectivity index (χ4v) is 8.04. The number of nitrogens with zero attached hydrogens (tertiary/aromatic N) is 3. The molecule has 2 aliphatic heterocycles. The second-order valence-electron chi connectivity index (χ2n) is 15.5. The largest absolute Gasteiger partial charge is 0.496 e. The standard InChI is InChI=1S/C42H49N11O9S/c1-22(2)19-61-20-31-42-50-32(21-63-42)39(58)49-30(13-24-15-43-27-10-7-6-9-26(24)27)38(57)48-29(14-25-16-44-28-11-8-12-33(60-5)36(25)28)37(56)45-17-34(54)51-41-40(59)46-23(3)53(62-41)52(4)18-35(55)47-31/h6-12,15-16,21-22,29-31,41,43-44H,3,13-14,17-20H2,1-2,4-5H3,(H,45,56)(H,46,59)(H,47,55)(H,48,57)(H,49,58)(H,51,54)/t29-,30-,31+,41+/m0/s1. The summed E-state index contributed by atoms with van der Waals surface area (Å²) in [6.07, 6.45) is 1.81. The summed E-state index contributed by atoms with van der Waals surface area (Å²) in [5.41, 5.74) is 2.87. The Morgan fingerprint density at radius 2 is 1.59 bits per heavy atom. The van der Waals surface area contributed by atoms with Gasteiger partial charge in [0.1, 0.15) is 40.4 Å². The number of hydrazine groups is 1. The number of methoxy groups -OCH3 is 1. The fraction of sp³-hybridized carbons (Fsp3) is 0.357. The number of rotatable bonds is 9. The van der Waals surface area contributed by atoms with Crippen LogP contribution in [0, 0.1) is 5.92 Å². The molecule has 63 heavy (non-hydrogen) atoms. The molecule has 20 nitrogen and oxygen atoms in total. The summed E-state index contributed by atoms with van der Waals surface area (Å²) in [6, 6.07) is 9.59. The van der Waals surface area contributed by atoms with Crippen LogP contribution in [0.1, 0.15) is 46.5 Å². The second-order valence-corrected chi connectivity index (χ2v) is 16.4. The van der Waals surface area contributed by atoms with Crippen molar-refractivity contribution in [1.82, 2.24) is 57.0 Å². The van der Waals surface area contributed by atoms with E-state index in [0.717, 1.165) is 38.5 Å². The molecule has 4 atom stereocenters. The van der Waals surface area contributed by atoms with Gasteiger partial charge in [0.2, 0.25) is 29.9 Å². The first-order valence-electron chi connectivity index (χ1n) is 20.1. The zero-order valence-corrected chi connectivity index (χ0v) is 35.9. The maximum absolute atomic E-state index is 14.6. The lowest BCUT2D eigenvalue weighted by Gasteiger charge is -2.39. The maximum Gasteiger partial charge on any atom is 0.278 e. The highest BCUT2D eigenvalue weighted by Gasteiger charge is 2.36. The summed E-state index contributed by atoms with van der Waals surface area (Å²) >= 11 is 1.12. The highest BCUT2D eigenvalue weighted by molar-refractivity contribution is 7.10. The molecule has 7 rings (SSSR count). The third kappa shape index (κ3) is 10.5. The normalized spacial score (nSPS) is 21.2. The van der Waals surface area contributed by atoms with Crippen LogP contribution in [0.4, 0.5) is 0 Å². The van der Waals surface area contributed by atoms with Crippen LogP contribution < -0.4 is 36.6 Å². The van der Waals surface area contributed by atoms with Crippen LogP contribution in [-0.4, -0.2) is 119 Å². The van der Waals surface area contributed by atoms with Crippen molar-refractivity contribution in [2.24, 2.45) is 5.92 Å². The van der Waals surface area contributed by atoms with E-state index in [1.54, 1.807) is 18.5 Å². The summed E-state index contributed by atoms with van der Waals surface area (Å²) in [6.45, 7) is 7.22. The minimum absolute atomic E-state index is 0.0123. The van der Waals surface area contributed by atoms with E-state index in [-0.39, 0.29) is 43.4 Å². The topological polar surface area (TPSA) is 253 Å². The molecule has 0 aliphatic carbocycles. The number of aromatic nitrogens is 3. The number of hydroxylamine groups is 1. The van der Waals surface area contributed by atoms with Gasteiger partial charge in [-0.3, -0.25) is 28.8 Å². The smallest absolute Gasteiger partial charge is 0.278 e. The maximum atomic E-state index is 14.6. The molecule has 2 aliphatic rings. The number of hydrogen-bond acceptors (Lipinski definition) is 13. The predicted octanol–water partition coefficient (Wildman–Crippen LogP) is 1.27. The van der Waals surface area contributed by atoms with Gasteiger partial charge in [-0.2, -0.15) is 10.2 Å². The van der Waals surface area contributed by atoms with Gasteiger partial charge < -0.3 is 51.3 Å². The first kappa shape index (κ1) is 44.3. The summed E-state index contributed by atoms with van der Waals surface area (Å²) in [5.74, 6) is -3.52. The van der Waals surface area contributed by atoms with Crippen molar-refractivity contribution in [2.75, 3.05) is 40.5 Å². The average Bonchev–Trinajstić information content (AvgIpc) is 4.02. The number of ether oxygens (including phenoxy) is 2. The molecule has 5 aromatic rings. The van der Waals surface area contributed by atoms with E-state index in [4.69, 9.17) is 14.3 Å². The molecule has 1 saturated heterocycles. The number of thiazole rings is 1. The number of amides is 6. The van der Waals surface area contributed by atoms with Crippen LogP contribution in [0.15, 0.2) is 72.6 Å². The van der Waals surface area contributed by atoms with Gasteiger partial charge in [0.15, 0.2) is 0 Å². The van der Waals surface area contributed by atoms with Crippen molar-refractivity contribution < 1.29 is 43.1 Å². The Kier molecular flexibility index (Phi) is 13.7. The van der Waals surface area contributed by atoms with Crippen molar-refractivity contribution in [1.29, 1.82) is 0 Å². The van der Waals surface area contributed by atoms with E-state index >= 15 is 0 Å². The average molecular weight is 884 g/mol. The van der Waals surface area contributed by atoms with Crippen molar-refractivity contribution >= 4 is 68.6 Å². The first-order chi connectivity index (χ1) is 30.3. The molecule has 2 aromatic carbocycles. The molecule has 1 fully saturated rings. The van der Waals surface area contributed by atoms with Gasteiger partial charge in [-0.15, -0.1) is 11.3 Å². The van der Waals surface area contributed by atoms with Gasteiger partial charge in [0.05, 0.1) is 26.8 Å². The summed E-state index contributed by atoms with van der Waals surface area (Å²) in [7, 11) is 3.02. The lowest BCUT2D eigenvalue weighted by atomic mass is 10.0. The highest BCUT2D eigenvalue weighted by atomic mass is 32.1. The molecule has 8 N–H and O–H groups in total. The summed E-state index contributed by atoms with van der Waals surface area (Å²) in [5, 5.41) is 21.8. The third-order valence-corrected chi connectivity index (χ3v) is 11.2. The minimum Gasteiger partial charge on any atom is -0.496 e. The Balaban J connectivity index is 1.24. The molecule has 6 amide bonds. The van der Waals surface area contributed by atoms with Gasteiger partial charge in [0.25, 0.3) is 11.8 Å². The van der Waals surface area contributed by atoms with Crippen LogP contribution in [0.2, 0.25) is 0 Å². The van der Waals surface area contributed by atoms with Crippen molar-refractivity contribution in [3.8, 4) is 5.75 Å². The van der Waals surface area contributed by atoms with Gasteiger partial charge in [-0.05, 0) is 35.2 Å². The number of benzene rings is 2. The third-order valence-electron chi connectivity index (χ3n) is 10.2. The van der Waals surface area contributed by atoms with E-state index in [9.17, 15) is 28.8 Å². The van der Waals surface area contributed by atoms with E-state index in [2.05, 4.69) is 53.4 Å². The monoisotopic (exact) mass is 883 g/mol. The molecule has 0 spiro atoms. The van der Waals surface area contributed by atoms with Crippen LogP contribution in [0.3, 0.4) is 0 Å². The lowest BCUT2D eigenvalue weighted by molar-refractivity contribution is -0.289. The molecular formula is C42H49N11O9S. The predicted molar refractivity (Wildman–Crippen MR) is 230 cm³/mol. The summed E-state index contributed by atoms with van der Waals surface area (Å²) in [4.78, 5) is 99.2. The molecule has 5 heterocycles. The van der Waals surface area contributed by atoms with Crippen LogP contribution >= 0.6 is 11.3 Å². The lowest BCUT2D eigenvalue weighted by Crippen LogP contribution is -2.62. The number of para-hydroxylation sites is 1. The highest BCUT2D eigenvalue weighted by Crippen LogP contribution is 2.30. The molecule has 4 bridgehead atoms. The molecule has 3 aromatic heterocycles. The Bertz CT molecular complexity index is 2530. The Morgan fingerprint density at radius 3 is 2.38 bits per heavy atom. The van der Waals surface area contributed by atoms with Crippen molar-refractivity contribution in [2.45, 2.75) is 51.0 Å². The number of fused-ring (bicyclic) bond motifs is 6. The van der Waals surface area contributed by atoms with Crippen LogP contribution in [0.25, 0.3) is 21.8 Å². The van der Waals surface area contributed by atoms with Gasteiger partial charge in [-0.25, -0.2) is 9.82 Å². The number of H-pyrrole nitrogens is 2. The van der Waals surface area contributed by atoms with Crippen molar-refractivity contribution in [3.63, 3.8) is 0 Å². The number of carbonyl (C=O) groups excluding carboxylic acids is 6. The fourth-order valence-electron chi connectivity index (χ4n) is 7.21. The van der Waals surface area contributed by atoms with Crippen molar-refractivity contribution in [3.05, 3.63) is 94.5 Å². The molecule has 0 saturated carbocycles. The van der Waals surface area contributed by atoms with E-state index in [0.29, 0.717) is 28.3 Å². The zero-order chi connectivity index (χ0) is 44.8. The Hall–Kier alpha value is -6.81. The molecule has 332 valence electrons. The van der Waals surface area contributed by atoms with Gasteiger partial charge >= 0.3 is 0 Å². The van der Waals surface area contributed by atoms with Gasteiger partial charge in [0, 0.05) is 66.1 Å². The zero-order valence-electron chi connectivity index (χ0n) is 35.0. The SMILES string of the molecule is C=C1NC(=O)[C@@H]2NC(=O)CNC(=O)[C@H](Cc3c[nH]c4cccc(OC)c34)NC(=O)[C@H](Cc3c[nH]c4ccccc34)NC(=O)c3csc(n3)[C@@H](COCC(C)C)NC(=O)CN(C)N1O2. The molecular weight excluding hydrogens is 835 g/mol. The number of carbonyl (C=O) groups is 6. The number of nitrogens with one attached hydrogen (secondary N) is 8. The first-order valence-corrected chi connectivity index (χ1v) is 21.0. The Morgan fingerprint density at radius 1 is 0.857 bits per heavy atom. The number of hydrogen-bond donors (Lipinski definition) is 8. The van der Waals surface area contributed by atoms with E-state index in [1.165, 1.54) is 24.5 Å². The molecule has 0 radical (unpaired) electrons. The summed E-state index contributed by atoms with van der Waals surface area (Å²) < 4.78 is 11.5. The number of likely N-dealkylation sites (N-methyl/N-ethyl adjacent to an activating group) is 1. The van der Waals surface area contributed by atoms with Crippen LogP contribution in [0.5, 0.6) is 5.75 Å². The molecule has 0 unspecified atom stereocenters. The number of aromatic amines is 2. The minimum atomic E-state index is -1.59. The van der Waals surface area contributed by atoms with Gasteiger partial charge in [-0.1, -0.05) is 44.7 Å². The quantitative estimate of drug-likeness (QED) is 0.104. The van der Waals surface area contributed by atoms with Crippen LogP contribution in [-0.2, 0) is 46.4 Å². The Labute approximate surface area is 365 Å².